The van der Waals surface area contributed by atoms with Gasteiger partial charge in [0.15, 0.2) is 0 Å². The van der Waals surface area contributed by atoms with Crippen molar-refractivity contribution in [3.8, 4) is 0 Å². The normalized spacial score (nSPS) is 29.3. The van der Waals surface area contributed by atoms with Crippen LogP contribution in [0.15, 0.2) is 0 Å². The Kier molecular flexibility index (Phi) is 5.97. The van der Waals surface area contributed by atoms with Crippen LogP contribution < -0.4 is 5.73 Å². The van der Waals surface area contributed by atoms with Crippen molar-refractivity contribution in [1.82, 2.24) is 4.90 Å². The molecule has 2 unspecified atom stereocenters. The van der Waals surface area contributed by atoms with Crippen LogP contribution in [-0.2, 0) is 0 Å². The summed E-state index contributed by atoms with van der Waals surface area (Å²) in [6.07, 6.45) is 13.9. The van der Waals surface area contributed by atoms with Gasteiger partial charge in [0.25, 0.3) is 0 Å². The van der Waals surface area contributed by atoms with Crippen molar-refractivity contribution >= 4 is 0 Å². The van der Waals surface area contributed by atoms with Crippen LogP contribution in [-0.4, -0.2) is 30.1 Å². The Morgan fingerprint density at radius 1 is 1.06 bits per heavy atom. The van der Waals surface area contributed by atoms with Crippen molar-refractivity contribution in [2.45, 2.75) is 83.2 Å². The van der Waals surface area contributed by atoms with E-state index in [-0.39, 0.29) is 0 Å². The minimum absolute atomic E-state index is 0.433. The molecule has 106 valence electrons. The standard InChI is InChI=1S/C16H32N2/c1-2-8-15-11-6-7-12-18(15)13-16(17)14-9-4-3-5-10-14/h14-16H,2-13,17H2,1H3. The molecule has 1 aliphatic carbocycles. The van der Waals surface area contributed by atoms with E-state index in [1.165, 1.54) is 70.8 Å². The third kappa shape index (κ3) is 3.96. The SMILES string of the molecule is CCCC1CCCCN1CC(N)C1CCCCC1. The second kappa shape index (κ2) is 7.49. The number of nitrogens with zero attached hydrogens (tertiary/aromatic N) is 1. The van der Waals surface area contributed by atoms with E-state index in [1.807, 2.05) is 0 Å². The predicted octanol–water partition coefficient (Wildman–Crippen LogP) is 3.55. The Labute approximate surface area is 113 Å². The lowest BCUT2D eigenvalue weighted by atomic mass is 9.83. The van der Waals surface area contributed by atoms with Crippen LogP contribution in [0.2, 0.25) is 0 Å². The van der Waals surface area contributed by atoms with Gasteiger partial charge in [0.05, 0.1) is 0 Å². The third-order valence-electron chi connectivity index (χ3n) is 5.07. The van der Waals surface area contributed by atoms with Gasteiger partial charge in [-0.25, -0.2) is 0 Å². The zero-order valence-corrected chi connectivity index (χ0v) is 12.2. The molecule has 1 heterocycles. The molecule has 0 bridgehead atoms. The van der Waals surface area contributed by atoms with Gasteiger partial charge >= 0.3 is 0 Å². The van der Waals surface area contributed by atoms with E-state index in [2.05, 4.69) is 11.8 Å². The van der Waals surface area contributed by atoms with Crippen LogP contribution in [0, 0.1) is 5.92 Å². The van der Waals surface area contributed by atoms with Crippen LogP contribution in [0.25, 0.3) is 0 Å². The molecule has 0 radical (unpaired) electrons. The van der Waals surface area contributed by atoms with Gasteiger partial charge < -0.3 is 5.73 Å². The minimum Gasteiger partial charge on any atom is -0.326 e. The first-order valence-corrected chi connectivity index (χ1v) is 8.31. The highest BCUT2D eigenvalue weighted by atomic mass is 15.2. The molecule has 2 nitrogen and oxygen atoms in total. The van der Waals surface area contributed by atoms with E-state index >= 15 is 0 Å². The molecule has 2 fully saturated rings. The summed E-state index contributed by atoms with van der Waals surface area (Å²) in [5, 5.41) is 0. The zero-order chi connectivity index (χ0) is 12.8. The van der Waals surface area contributed by atoms with Crippen molar-refractivity contribution in [3.05, 3.63) is 0 Å². The monoisotopic (exact) mass is 252 g/mol. The Morgan fingerprint density at radius 2 is 1.78 bits per heavy atom. The lowest BCUT2D eigenvalue weighted by molar-refractivity contribution is 0.115. The van der Waals surface area contributed by atoms with Crippen LogP contribution in [0.5, 0.6) is 0 Å². The molecule has 0 aromatic rings. The van der Waals surface area contributed by atoms with E-state index in [0.29, 0.717) is 6.04 Å². The summed E-state index contributed by atoms with van der Waals surface area (Å²) in [7, 11) is 0. The highest BCUT2D eigenvalue weighted by Crippen LogP contribution is 2.28. The van der Waals surface area contributed by atoms with Crippen molar-refractivity contribution < 1.29 is 0 Å². The molecule has 0 spiro atoms. The number of nitrogens with two attached hydrogens (primary N) is 1. The average molecular weight is 252 g/mol. The van der Waals surface area contributed by atoms with Gasteiger partial charge in [-0.1, -0.05) is 39.0 Å². The number of hydrogen-bond acceptors (Lipinski definition) is 2. The summed E-state index contributed by atoms with van der Waals surface area (Å²) < 4.78 is 0. The molecular formula is C16H32N2. The molecule has 2 atom stereocenters. The first kappa shape index (κ1) is 14.3. The fraction of sp³-hybridized carbons (Fsp3) is 1.00. The number of likely N-dealkylation sites (tertiary alicyclic amines) is 1. The molecule has 1 saturated carbocycles. The Hall–Kier alpha value is -0.0800. The second-order valence-corrected chi connectivity index (χ2v) is 6.50. The van der Waals surface area contributed by atoms with Gasteiger partial charge in [-0.15, -0.1) is 0 Å². The molecule has 0 amide bonds. The number of hydrogen-bond donors (Lipinski definition) is 1. The van der Waals surface area contributed by atoms with Gasteiger partial charge in [-0.05, 0) is 44.6 Å². The predicted molar refractivity (Wildman–Crippen MR) is 78.7 cm³/mol. The molecule has 1 aliphatic heterocycles. The first-order valence-electron chi connectivity index (χ1n) is 8.31. The van der Waals surface area contributed by atoms with Crippen molar-refractivity contribution in [2.75, 3.05) is 13.1 Å². The van der Waals surface area contributed by atoms with Gasteiger partial charge in [0.2, 0.25) is 0 Å². The lowest BCUT2D eigenvalue weighted by Crippen LogP contribution is -2.48. The van der Waals surface area contributed by atoms with E-state index in [9.17, 15) is 0 Å². The largest absolute Gasteiger partial charge is 0.326 e. The lowest BCUT2D eigenvalue weighted by Gasteiger charge is -2.39. The number of piperidine rings is 1. The van der Waals surface area contributed by atoms with E-state index in [4.69, 9.17) is 5.73 Å². The van der Waals surface area contributed by atoms with E-state index in [0.717, 1.165) is 18.5 Å². The van der Waals surface area contributed by atoms with Crippen LogP contribution >= 0.6 is 0 Å². The van der Waals surface area contributed by atoms with Crippen LogP contribution in [0.1, 0.15) is 71.1 Å². The van der Waals surface area contributed by atoms with Gasteiger partial charge in [0.1, 0.15) is 0 Å². The topological polar surface area (TPSA) is 29.3 Å². The van der Waals surface area contributed by atoms with Gasteiger partial charge in [0, 0.05) is 18.6 Å². The summed E-state index contributed by atoms with van der Waals surface area (Å²) in [6, 6.07) is 1.26. The summed E-state index contributed by atoms with van der Waals surface area (Å²) in [4.78, 5) is 2.71. The molecule has 0 aromatic heterocycles. The molecular weight excluding hydrogens is 220 g/mol. The highest BCUT2D eigenvalue weighted by Gasteiger charge is 2.27. The van der Waals surface area contributed by atoms with Gasteiger partial charge in [-0.3, -0.25) is 4.90 Å². The summed E-state index contributed by atoms with van der Waals surface area (Å²) in [5.41, 5.74) is 6.50. The molecule has 2 rings (SSSR count). The summed E-state index contributed by atoms with van der Waals surface area (Å²) in [5.74, 6) is 0.808. The Morgan fingerprint density at radius 3 is 2.50 bits per heavy atom. The first-order chi connectivity index (χ1) is 8.81. The average Bonchev–Trinajstić information content (AvgIpc) is 2.42. The van der Waals surface area contributed by atoms with Crippen molar-refractivity contribution in [2.24, 2.45) is 11.7 Å². The van der Waals surface area contributed by atoms with Crippen molar-refractivity contribution in [1.29, 1.82) is 0 Å². The maximum Gasteiger partial charge on any atom is 0.0196 e. The smallest absolute Gasteiger partial charge is 0.0196 e. The molecule has 2 aliphatic rings. The maximum atomic E-state index is 6.50. The summed E-state index contributed by atoms with van der Waals surface area (Å²) >= 11 is 0. The Bertz CT molecular complexity index is 221. The third-order valence-corrected chi connectivity index (χ3v) is 5.07. The van der Waals surface area contributed by atoms with Crippen LogP contribution in [0.3, 0.4) is 0 Å². The molecule has 2 N–H and O–H groups in total. The van der Waals surface area contributed by atoms with Crippen molar-refractivity contribution in [3.63, 3.8) is 0 Å². The molecule has 1 saturated heterocycles. The van der Waals surface area contributed by atoms with Gasteiger partial charge in [-0.2, -0.15) is 0 Å². The van der Waals surface area contributed by atoms with Crippen LogP contribution in [0.4, 0.5) is 0 Å². The van der Waals surface area contributed by atoms with E-state index < -0.39 is 0 Å². The quantitative estimate of drug-likeness (QED) is 0.811. The molecule has 18 heavy (non-hydrogen) atoms. The summed E-state index contributed by atoms with van der Waals surface area (Å²) in [6.45, 7) is 4.77. The Balaban J connectivity index is 1.81. The number of rotatable bonds is 5. The molecule has 0 aromatic carbocycles. The fourth-order valence-corrected chi connectivity index (χ4v) is 3.94. The minimum atomic E-state index is 0.433. The van der Waals surface area contributed by atoms with E-state index in [1.54, 1.807) is 0 Å². The highest BCUT2D eigenvalue weighted by molar-refractivity contribution is 4.84. The maximum absolute atomic E-state index is 6.50. The molecule has 2 heteroatoms. The fourth-order valence-electron chi connectivity index (χ4n) is 3.94. The second-order valence-electron chi connectivity index (χ2n) is 6.50. The zero-order valence-electron chi connectivity index (χ0n) is 12.2.